The maximum absolute atomic E-state index is 13.5. The largest absolute Gasteiger partial charge is 0.465 e. The van der Waals surface area contributed by atoms with Crippen molar-refractivity contribution in [2.24, 2.45) is 0 Å². The van der Waals surface area contributed by atoms with E-state index in [0.29, 0.717) is 25.9 Å². The number of likely N-dealkylation sites (tertiary alicyclic amines) is 1. The lowest BCUT2D eigenvalue weighted by molar-refractivity contribution is 0.132. The second kappa shape index (κ2) is 5.30. The third-order valence-corrected chi connectivity index (χ3v) is 3.33. The average Bonchev–Trinajstić information content (AvgIpc) is 2.38. The smallest absolute Gasteiger partial charge is 0.407 e. The zero-order valence-electron chi connectivity index (χ0n) is 9.84. The summed E-state index contributed by atoms with van der Waals surface area (Å²) >= 11 is 0. The van der Waals surface area contributed by atoms with E-state index < -0.39 is 18.5 Å². The van der Waals surface area contributed by atoms with Crippen molar-refractivity contribution in [2.75, 3.05) is 13.1 Å². The Hall–Kier alpha value is -1.69. The van der Waals surface area contributed by atoms with Gasteiger partial charge < -0.3 is 15.1 Å². The lowest BCUT2D eigenvalue weighted by atomic mass is 9.90. The number of amides is 1. The van der Waals surface area contributed by atoms with Crippen molar-refractivity contribution in [1.29, 1.82) is 0 Å². The first-order valence-corrected chi connectivity index (χ1v) is 5.85. The summed E-state index contributed by atoms with van der Waals surface area (Å²) in [5.41, 5.74) is 0.816. The molecule has 1 aromatic rings. The number of piperidine rings is 1. The molecule has 0 radical (unpaired) electrons. The molecule has 0 unspecified atom stereocenters. The van der Waals surface area contributed by atoms with Crippen molar-refractivity contribution in [3.63, 3.8) is 0 Å². The summed E-state index contributed by atoms with van der Waals surface area (Å²) in [6.45, 7) is 0.510. The molecule has 0 spiro atoms. The monoisotopic (exact) mass is 254 g/mol. The Morgan fingerprint density at radius 2 is 2.17 bits per heavy atom. The van der Waals surface area contributed by atoms with E-state index in [-0.39, 0.29) is 11.6 Å². The third kappa shape index (κ3) is 2.59. The van der Waals surface area contributed by atoms with Gasteiger partial charge in [0.05, 0.1) is 6.61 Å². The highest BCUT2D eigenvalue weighted by Gasteiger charge is 2.24. The first-order chi connectivity index (χ1) is 8.61. The molecule has 0 atom stereocenters. The summed E-state index contributed by atoms with van der Waals surface area (Å²) in [6.07, 6.45) is 2.00. The highest BCUT2D eigenvalue weighted by molar-refractivity contribution is 5.65. The Kier molecular flexibility index (Phi) is 3.76. The maximum Gasteiger partial charge on any atom is 0.407 e. The van der Waals surface area contributed by atoms with Crippen LogP contribution in [-0.4, -0.2) is 39.3 Å². The Morgan fingerprint density at radius 1 is 1.50 bits per heavy atom. The lowest BCUT2D eigenvalue weighted by Gasteiger charge is -2.30. The molecule has 1 aliphatic heterocycles. The molecule has 18 heavy (non-hydrogen) atoms. The summed E-state index contributed by atoms with van der Waals surface area (Å²) in [4.78, 5) is 16.0. The maximum atomic E-state index is 13.5. The van der Waals surface area contributed by atoms with Gasteiger partial charge in [0.15, 0.2) is 0 Å². The molecule has 98 valence electrons. The van der Waals surface area contributed by atoms with Crippen LogP contribution < -0.4 is 0 Å². The molecular weight excluding hydrogens is 239 g/mol. The van der Waals surface area contributed by atoms with Crippen molar-refractivity contribution in [3.05, 3.63) is 29.3 Å². The Bertz CT molecular complexity index is 445. The molecule has 0 aromatic carbocycles. The normalized spacial score (nSPS) is 16.9. The molecule has 5 nitrogen and oxygen atoms in total. The molecule has 1 saturated heterocycles. The van der Waals surface area contributed by atoms with Gasteiger partial charge >= 0.3 is 6.09 Å². The van der Waals surface area contributed by atoms with Crippen LogP contribution in [0.3, 0.4) is 0 Å². The van der Waals surface area contributed by atoms with Crippen molar-refractivity contribution >= 4 is 6.09 Å². The molecule has 2 N–H and O–H groups in total. The molecule has 0 aliphatic carbocycles. The second-order valence-corrected chi connectivity index (χ2v) is 4.40. The van der Waals surface area contributed by atoms with Crippen LogP contribution in [-0.2, 0) is 6.61 Å². The Labute approximate surface area is 104 Å². The number of pyridine rings is 1. The minimum atomic E-state index is -0.909. The fourth-order valence-electron chi connectivity index (χ4n) is 2.22. The van der Waals surface area contributed by atoms with Gasteiger partial charge in [0.1, 0.15) is 11.5 Å². The predicted octanol–water partition coefficient (Wildman–Crippen LogP) is 1.57. The number of hydrogen-bond acceptors (Lipinski definition) is 3. The average molecular weight is 254 g/mol. The summed E-state index contributed by atoms with van der Waals surface area (Å²) in [5, 5.41) is 17.7. The number of halogens is 1. The lowest BCUT2D eigenvalue weighted by Crippen LogP contribution is -2.36. The predicted molar refractivity (Wildman–Crippen MR) is 61.7 cm³/mol. The number of carboxylic acid groups (broad SMARTS) is 1. The van der Waals surface area contributed by atoms with Gasteiger partial charge in [-0.15, -0.1) is 0 Å². The number of carbonyl (C=O) groups is 1. The van der Waals surface area contributed by atoms with Gasteiger partial charge in [0, 0.05) is 19.3 Å². The molecule has 0 saturated carbocycles. The van der Waals surface area contributed by atoms with Crippen LogP contribution in [0.4, 0.5) is 9.18 Å². The molecule has 1 aliphatic rings. The molecule has 1 aromatic heterocycles. The number of rotatable bonds is 2. The molecule has 0 bridgehead atoms. The van der Waals surface area contributed by atoms with Gasteiger partial charge in [-0.2, -0.15) is 0 Å². The highest BCUT2D eigenvalue weighted by Crippen LogP contribution is 2.28. The Morgan fingerprint density at radius 3 is 2.67 bits per heavy atom. The molecule has 2 heterocycles. The molecule has 1 fully saturated rings. The van der Waals surface area contributed by atoms with Gasteiger partial charge in [-0.3, -0.25) is 4.98 Å². The van der Waals surface area contributed by atoms with E-state index in [1.54, 1.807) is 6.20 Å². The van der Waals surface area contributed by atoms with Gasteiger partial charge in [0.25, 0.3) is 0 Å². The fraction of sp³-hybridized carbons (Fsp3) is 0.500. The number of aliphatic hydroxyl groups excluding tert-OH is 1. The fourth-order valence-corrected chi connectivity index (χ4v) is 2.22. The van der Waals surface area contributed by atoms with E-state index in [9.17, 15) is 9.18 Å². The van der Waals surface area contributed by atoms with E-state index in [1.807, 2.05) is 0 Å². The van der Waals surface area contributed by atoms with Crippen molar-refractivity contribution < 1.29 is 19.4 Å². The van der Waals surface area contributed by atoms with Crippen LogP contribution in [0, 0.1) is 5.82 Å². The SMILES string of the molecule is O=C(O)N1CCC(c2cnc(CO)c(F)c2)CC1. The molecular formula is C12H15FN2O3. The highest BCUT2D eigenvalue weighted by atomic mass is 19.1. The van der Waals surface area contributed by atoms with Gasteiger partial charge in [-0.1, -0.05) is 0 Å². The molecule has 6 heteroatoms. The van der Waals surface area contributed by atoms with Crippen molar-refractivity contribution in [1.82, 2.24) is 9.88 Å². The summed E-state index contributed by atoms with van der Waals surface area (Å²) in [5.74, 6) is -0.369. The van der Waals surface area contributed by atoms with E-state index in [2.05, 4.69) is 4.98 Å². The quantitative estimate of drug-likeness (QED) is 0.840. The Balaban J connectivity index is 2.05. The number of aromatic nitrogens is 1. The first kappa shape index (κ1) is 12.8. The summed E-state index contributed by atoms with van der Waals surface area (Å²) in [7, 11) is 0. The standard InChI is InChI=1S/C12H15FN2O3/c13-10-5-9(6-14-11(10)7-16)8-1-3-15(4-2-8)12(17)18/h5-6,8,16H,1-4,7H2,(H,17,18). The van der Waals surface area contributed by atoms with Crippen LogP contribution in [0.1, 0.15) is 30.0 Å². The van der Waals surface area contributed by atoms with Crippen LogP contribution in [0.5, 0.6) is 0 Å². The number of nitrogens with zero attached hydrogens (tertiary/aromatic N) is 2. The summed E-state index contributed by atoms with van der Waals surface area (Å²) in [6, 6.07) is 1.39. The third-order valence-electron chi connectivity index (χ3n) is 3.33. The summed E-state index contributed by atoms with van der Waals surface area (Å²) < 4.78 is 13.5. The van der Waals surface area contributed by atoms with Gasteiger partial charge in [-0.05, 0) is 30.4 Å². The van der Waals surface area contributed by atoms with E-state index >= 15 is 0 Å². The second-order valence-electron chi connectivity index (χ2n) is 4.40. The van der Waals surface area contributed by atoms with Crippen molar-refractivity contribution in [2.45, 2.75) is 25.4 Å². The van der Waals surface area contributed by atoms with Crippen LogP contribution in [0.25, 0.3) is 0 Å². The van der Waals surface area contributed by atoms with Crippen LogP contribution in [0.2, 0.25) is 0 Å². The minimum absolute atomic E-state index is 0.0433. The molecule has 2 rings (SSSR count). The van der Waals surface area contributed by atoms with E-state index in [0.717, 1.165) is 5.56 Å². The zero-order valence-corrected chi connectivity index (χ0v) is 9.84. The van der Waals surface area contributed by atoms with Crippen molar-refractivity contribution in [3.8, 4) is 0 Å². The number of hydrogen-bond donors (Lipinski definition) is 2. The van der Waals surface area contributed by atoms with Crippen LogP contribution in [0.15, 0.2) is 12.3 Å². The van der Waals surface area contributed by atoms with Crippen LogP contribution >= 0.6 is 0 Å². The van der Waals surface area contributed by atoms with Gasteiger partial charge in [-0.25, -0.2) is 9.18 Å². The first-order valence-electron chi connectivity index (χ1n) is 5.85. The van der Waals surface area contributed by atoms with E-state index in [4.69, 9.17) is 10.2 Å². The minimum Gasteiger partial charge on any atom is -0.465 e. The molecule has 1 amide bonds. The zero-order chi connectivity index (χ0) is 13.1. The van der Waals surface area contributed by atoms with E-state index in [1.165, 1.54) is 11.0 Å². The van der Waals surface area contributed by atoms with Gasteiger partial charge in [0.2, 0.25) is 0 Å². The topological polar surface area (TPSA) is 73.7 Å². The number of aliphatic hydroxyl groups is 1.